The molecule has 4 heteroatoms. The smallest absolute Gasteiger partial charge is 0.167 e. The quantitative estimate of drug-likeness (QED) is 0.930. The van der Waals surface area contributed by atoms with Crippen LogP contribution in [0.3, 0.4) is 0 Å². The normalized spacial score (nSPS) is 26.6. The van der Waals surface area contributed by atoms with Crippen LogP contribution >= 0.6 is 0 Å². The number of fused-ring (bicyclic) bond motifs is 1. The van der Waals surface area contributed by atoms with Gasteiger partial charge in [-0.05, 0) is 38.9 Å². The first kappa shape index (κ1) is 14.7. The van der Waals surface area contributed by atoms with Gasteiger partial charge in [-0.3, -0.25) is 4.90 Å². The summed E-state index contributed by atoms with van der Waals surface area (Å²) in [6, 6.07) is 5.85. The van der Waals surface area contributed by atoms with E-state index in [0.717, 1.165) is 30.2 Å². The summed E-state index contributed by atoms with van der Waals surface area (Å²) in [5.74, 6) is 1.46. The van der Waals surface area contributed by atoms with Gasteiger partial charge in [0, 0.05) is 5.56 Å². The van der Waals surface area contributed by atoms with E-state index in [4.69, 9.17) is 9.47 Å². The van der Waals surface area contributed by atoms with Crippen LogP contribution in [0.2, 0.25) is 0 Å². The van der Waals surface area contributed by atoms with E-state index in [1.165, 1.54) is 25.7 Å². The first-order chi connectivity index (χ1) is 10.3. The minimum atomic E-state index is -0.493. The molecule has 0 aliphatic carbocycles. The maximum atomic E-state index is 10.8. The van der Waals surface area contributed by atoms with Crippen LogP contribution in [0.5, 0.6) is 11.5 Å². The molecule has 0 aromatic heterocycles. The number of hydrogen-bond acceptors (Lipinski definition) is 4. The molecule has 116 valence electrons. The van der Waals surface area contributed by atoms with Crippen LogP contribution in [0.15, 0.2) is 18.2 Å². The molecule has 21 heavy (non-hydrogen) atoms. The Morgan fingerprint density at radius 1 is 1.24 bits per heavy atom. The van der Waals surface area contributed by atoms with Crippen molar-refractivity contribution in [2.45, 2.75) is 44.8 Å². The fourth-order valence-corrected chi connectivity index (χ4v) is 3.39. The van der Waals surface area contributed by atoms with Crippen LogP contribution in [-0.2, 0) is 0 Å². The van der Waals surface area contributed by atoms with E-state index in [0.29, 0.717) is 13.2 Å². The molecule has 3 rings (SSSR count). The molecule has 1 aromatic carbocycles. The summed E-state index contributed by atoms with van der Waals surface area (Å²) in [7, 11) is 0. The third kappa shape index (κ3) is 3.01. The van der Waals surface area contributed by atoms with Gasteiger partial charge in [-0.25, -0.2) is 0 Å². The summed E-state index contributed by atoms with van der Waals surface area (Å²) in [5.41, 5.74) is 0.862. The van der Waals surface area contributed by atoms with Gasteiger partial charge in [0.2, 0.25) is 0 Å². The van der Waals surface area contributed by atoms with Crippen molar-refractivity contribution in [2.75, 3.05) is 26.3 Å². The van der Waals surface area contributed by atoms with Crippen LogP contribution < -0.4 is 9.47 Å². The zero-order valence-electron chi connectivity index (χ0n) is 12.8. The largest absolute Gasteiger partial charge is 0.490 e. The zero-order valence-corrected chi connectivity index (χ0v) is 12.8. The number of rotatable bonds is 3. The molecule has 1 fully saturated rings. The molecule has 2 unspecified atom stereocenters. The molecule has 0 radical (unpaired) electrons. The van der Waals surface area contributed by atoms with Crippen molar-refractivity contribution < 1.29 is 14.6 Å². The number of para-hydroxylation sites is 1. The lowest BCUT2D eigenvalue weighted by Crippen LogP contribution is -2.46. The Kier molecular flexibility index (Phi) is 4.66. The molecule has 4 nitrogen and oxygen atoms in total. The van der Waals surface area contributed by atoms with Gasteiger partial charge in [0.05, 0.1) is 12.6 Å². The van der Waals surface area contributed by atoms with Crippen molar-refractivity contribution >= 4 is 0 Å². The highest BCUT2D eigenvalue weighted by Crippen LogP contribution is 2.41. The minimum Gasteiger partial charge on any atom is -0.490 e. The molecule has 2 atom stereocenters. The van der Waals surface area contributed by atoms with Crippen molar-refractivity contribution in [1.82, 2.24) is 4.90 Å². The van der Waals surface area contributed by atoms with Gasteiger partial charge < -0.3 is 14.6 Å². The summed E-state index contributed by atoms with van der Waals surface area (Å²) in [5, 5.41) is 10.8. The van der Waals surface area contributed by atoms with E-state index in [1.807, 2.05) is 25.1 Å². The van der Waals surface area contributed by atoms with Crippen molar-refractivity contribution in [2.24, 2.45) is 0 Å². The maximum Gasteiger partial charge on any atom is 0.167 e. The first-order valence-electron chi connectivity index (χ1n) is 8.12. The van der Waals surface area contributed by atoms with Crippen LogP contribution in [0.1, 0.15) is 44.3 Å². The van der Waals surface area contributed by atoms with Crippen LogP contribution in [0.4, 0.5) is 0 Å². The number of ether oxygens (including phenoxy) is 2. The van der Waals surface area contributed by atoms with Crippen LogP contribution in [0, 0.1) is 0 Å². The van der Waals surface area contributed by atoms with Crippen molar-refractivity contribution in [1.29, 1.82) is 0 Å². The van der Waals surface area contributed by atoms with Gasteiger partial charge in [-0.2, -0.15) is 0 Å². The Hall–Kier alpha value is -1.26. The van der Waals surface area contributed by atoms with Crippen LogP contribution in [0.25, 0.3) is 0 Å². The molecule has 0 bridgehead atoms. The number of nitrogens with zero attached hydrogens (tertiary/aromatic N) is 1. The van der Waals surface area contributed by atoms with Gasteiger partial charge >= 0.3 is 0 Å². The summed E-state index contributed by atoms with van der Waals surface area (Å²) < 4.78 is 11.6. The van der Waals surface area contributed by atoms with E-state index in [9.17, 15) is 5.11 Å². The predicted octanol–water partition coefficient (Wildman–Crippen LogP) is 2.76. The molecule has 1 N–H and O–H groups in total. The van der Waals surface area contributed by atoms with Crippen LogP contribution in [-0.4, -0.2) is 42.4 Å². The van der Waals surface area contributed by atoms with E-state index >= 15 is 0 Å². The predicted molar refractivity (Wildman–Crippen MR) is 81.9 cm³/mol. The van der Waals surface area contributed by atoms with Gasteiger partial charge in [-0.1, -0.05) is 25.0 Å². The molecule has 2 aliphatic heterocycles. The lowest BCUT2D eigenvalue weighted by molar-refractivity contribution is 0.00357. The highest BCUT2D eigenvalue weighted by Gasteiger charge is 2.35. The number of benzene rings is 1. The second-order valence-corrected chi connectivity index (χ2v) is 5.88. The number of hydrogen-bond donors (Lipinski definition) is 1. The first-order valence-corrected chi connectivity index (χ1v) is 8.12. The molecule has 0 amide bonds. The van der Waals surface area contributed by atoms with E-state index in [2.05, 4.69) is 4.90 Å². The fourth-order valence-electron chi connectivity index (χ4n) is 3.39. The Morgan fingerprint density at radius 2 is 2.00 bits per heavy atom. The number of aliphatic hydroxyl groups excluding tert-OH is 1. The molecule has 0 saturated carbocycles. The average molecular weight is 291 g/mol. The van der Waals surface area contributed by atoms with E-state index in [1.54, 1.807) is 0 Å². The molecular weight excluding hydrogens is 266 g/mol. The summed E-state index contributed by atoms with van der Waals surface area (Å²) in [6.07, 6.45) is 4.54. The van der Waals surface area contributed by atoms with E-state index < -0.39 is 6.10 Å². The SMILES string of the molecule is CCOc1cccc2c1OCC(N1CCCCCC1)C2O. The van der Waals surface area contributed by atoms with Crippen molar-refractivity contribution in [3.8, 4) is 11.5 Å². The van der Waals surface area contributed by atoms with Gasteiger partial charge in [-0.15, -0.1) is 0 Å². The van der Waals surface area contributed by atoms with Crippen molar-refractivity contribution in [3.63, 3.8) is 0 Å². The average Bonchev–Trinajstić information content (AvgIpc) is 2.78. The Labute approximate surface area is 126 Å². The third-order valence-corrected chi connectivity index (χ3v) is 4.50. The topological polar surface area (TPSA) is 41.9 Å². The molecule has 1 aromatic rings. The summed E-state index contributed by atoms with van der Waals surface area (Å²) in [4.78, 5) is 2.40. The standard InChI is InChI=1S/C17H25NO3/c1-2-20-15-9-7-8-13-16(19)14(12-21-17(13)15)18-10-5-3-4-6-11-18/h7-9,14,16,19H,2-6,10-12H2,1H3. The Balaban J connectivity index is 1.81. The highest BCUT2D eigenvalue weighted by molar-refractivity contribution is 5.49. The molecular formula is C17H25NO3. The Morgan fingerprint density at radius 3 is 2.71 bits per heavy atom. The monoisotopic (exact) mass is 291 g/mol. The third-order valence-electron chi connectivity index (χ3n) is 4.50. The van der Waals surface area contributed by atoms with Gasteiger partial charge in [0.15, 0.2) is 11.5 Å². The van der Waals surface area contributed by atoms with Crippen molar-refractivity contribution in [3.05, 3.63) is 23.8 Å². The second kappa shape index (κ2) is 6.67. The highest BCUT2D eigenvalue weighted by atomic mass is 16.5. The second-order valence-electron chi connectivity index (χ2n) is 5.88. The van der Waals surface area contributed by atoms with E-state index in [-0.39, 0.29) is 6.04 Å². The summed E-state index contributed by atoms with van der Waals surface area (Å²) in [6.45, 7) is 5.22. The molecule has 2 aliphatic rings. The molecule has 1 saturated heterocycles. The Bertz CT molecular complexity index is 469. The fraction of sp³-hybridized carbons (Fsp3) is 0.647. The number of likely N-dealkylation sites (tertiary alicyclic amines) is 1. The lowest BCUT2D eigenvalue weighted by atomic mass is 9.97. The molecule has 2 heterocycles. The van der Waals surface area contributed by atoms with Gasteiger partial charge in [0.25, 0.3) is 0 Å². The lowest BCUT2D eigenvalue weighted by Gasteiger charge is -2.38. The van der Waals surface area contributed by atoms with Gasteiger partial charge in [0.1, 0.15) is 12.7 Å². The maximum absolute atomic E-state index is 10.8. The number of aliphatic hydroxyl groups is 1. The minimum absolute atomic E-state index is 0.0625. The summed E-state index contributed by atoms with van der Waals surface area (Å²) >= 11 is 0. The molecule has 0 spiro atoms. The zero-order chi connectivity index (χ0) is 14.7.